The molecular formula is C45H28N4O. The SMILES string of the molecule is c1ccc(-c2ccc(-c3cccc4c3oc3c(-c5nc(-c6ccccc6)nc(-n6c7ccccc7c7ccccc76)n5)cccc34)cc2)cc1. The molecule has 0 radical (unpaired) electrons. The summed E-state index contributed by atoms with van der Waals surface area (Å²) in [4.78, 5) is 15.4. The van der Waals surface area contributed by atoms with Gasteiger partial charge in [-0.1, -0.05) is 152 Å². The van der Waals surface area contributed by atoms with Crippen LogP contribution in [0.25, 0.3) is 94.7 Å². The Morgan fingerprint density at radius 2 is 0.820 bits per heavy atom. The molecular weight excluding hydrogens is 613 g/mol. The molecule has 0 N–H and O–H groups in total. The van der Waals surface area contributed by atoms with Gasteiger partial charge in [0.25, 0.3) is 0 Å². The lowest BCUT2D eigenvalue weighted by atomic mass is 9.99. The van der Waals surface area contributed by atoms with Gasteiger partial charge in [0.1, 0.15) is 11.2 Å². The van der Waals surface area contributed by atoms with Crippen molar-refractivity contribution in [2.45, 2.75) is 0 Å². The molecule has 5 heteroatoms. The van der Waals surface area contributed by atoms with Crippen LogP contribution in [0.3, 0.4) is 0 Å². The largest absolute Gasteiger partial charge is 0.455 e. The number of rotatable bonds is 5. The van der Waals surface area contributed by atoms with E-state index in [9.17, 15) is 0 Å². The van der Waals surface area contributed by atoms with Gasteiger partial charge in [-0.15, -0.1) is 0 Å². The monoisotopic (exact) mass is 640 g/mol. The standard InChI is InChI=1S/C45H28N4O/c1-3-13-29(14-4-1)30-25-27-31(28-26-30)33-19-11-20-36-37-21-12-22-38(42(37)50-41(33)36)44-46-43(32-15-5-2-6-16-32)47-45(48-44)49-39-23-9-7-17-34(39)35-18-8-10-24-40(35)49/h1-28H. The van der Waals surface area contributed by atoms with Crippen LogP contribution < -0.4 is 0 Å². The van der Waals surface area contributed by atoms with Crippen LogP contribution in [0.1, 0.15) is 0 Å². The lowest BCUT2D eigenvalue weighted by Gasteiger charge is -2.11. The first kappa shape index (κ1) is 28.2. The van der Waals surface area contributed by atoms with Gasteiger partial charge in [-0.05, 0) is 34.9 Å². The molecule has 0 saturated heterocycles. The van der Waals surface area contributed by atoms with Crippen molar-refractivity contribution < 1.29 is 4.42 Å². The second kappa shape index (κ2) is 11.4. The van der Waals surface area contributed by atoms with Crippen molar-refractivity contribution in [3.63, 3.8) is 0 Å². The predicted octanol–water partition coefficient (Wildman–Crippen LogP) is 11.5. The Kier molecular flexibility index (Phi) is 6.42. The normalized spacial score (nSPS) is 11.6. The number of aromatic nitrogens is 4. The van der Waals surface area contributed by atoms with Crippen LogP contribution in [-0.4, -0.2) is 19.5 Å². The van der Waals surface area contributed by atoms with Gasteiger partial charge < -0.3 is 4.42 Å². The van der Waals surface area contributed by atoms with Gasteiger partial charge in [0.05, 0.1) is 16.6 Å². The highest BCUT2D eigenvalue weighted by Gasteiger charge is 2.21. The highest BCUT2D eigenvalue weighted by atomic mass is 16.3. The topological polar surface area (TPSA) is 56.7 Å². The number of furan rings is 1. The van der Waals surface area contributed by atoms with Crippen LogP contribution in [0.4, 0.5) is 0 Å². The third-order valence-electron chi connectivity index (χ3n) is 9.50. The molecule has 0 amide bonds. The van der Waals surface area contributed by atoms with Gasteiger partial charge in [0.15, 0.2) is 11.6 Å². The van der Waals surface area contributed by atoms with E-state index in [0.717, 1.165) is 66.0 Å². The van der Waals surface area contributed by atoms with E-state index in [2.05, 4.69) is 132 Å². The maximum atomic E-state index is 6.85. The average Bonchev–Trinajstić information content (AvgIpc) is 3.75. The number of hydrogen-bond acceptors (Lipinski definition) is 4. The van der Waals surface area contributed by atoms with E-state index < -0.39 is 0 Å². The summed E-state index contributed by atoms with van der Waals surface area (Å²) in [5.41, 5.74) is 9.88. The van der Waals surface area contributed by atoms with Crippen molar-refractivity contribution in [3.8, 4) is 51.0 Å². The zero-order valence-corrected chi connectivity index (χ0v) is 26.9. The second-order valence-corrected chi connectivity index (χ2v) is 12.4. The molecule has 0 saturated carbocycles. The summed E-state index contributed by atoms with van der Waals surface area (Å²) in [7, 11) is 0. The Labute approximate surface area is 287 Å². The Hall–Kier alpha value is -6.85. The van der Waals surface area contributed by atoms with E-state index in [1.165, 1.54) is 11.1 Å². The van der Waals surface area contributed by atoms with E-state index in [-0.39, 0.29) is 0 Å². The van der Waals surface area contributed by atoms with Crippen molar-refractivity contribution in [2.75, 3.05) is 0 Å². The number of nitrogens with zero attached hydrogens (tertiary/aromatic N) is 4. The fraction of sp³-hybridized carbons (Fsp3) is 0. The average molecular weight is 641 g/mol. The van der Waals surface area contributed by atoms with Gasteiger partial charge >= 0.3 is 0 Å². The summed E-state index contributed by atoms with van der Waals surface area (Å²) in [5, 5.41) is 4.36. The Bertz CT molecular complexity index is 2800. The number of fused-ring (bicyclic) bond motifs is 6. The van der Waals surface area contributed by atoms with Gasteiger partial charge in [0, 0.05) is 32.7 Å². The molecule has 10 rings (SSSR count). The smallest absolute Gasteiger partial charge is 0.238 e. The summed E-state index contributed by atoms with van der Waals surface area (Å²) in [6, 6.07) is 58.5. The lowest BCUT2D eigenvalue weighted by Crippen LogP contribution is -2.06. The molecule has 3 aromatic heterocycles. The molecule has 0 unspecified atom stereocenters. The van der Waals surface area contributed by atoms with Crippen LogP contribution >= 0.6 is 0 Å². The zero-order valence-electron chi connectivity index (χ0n) is 26.9. The van der Waals surface area contributed by atoms with E-state index in [1.807, 2.05) is 42.5 Å². The van der Waals surface area contributed by atoms with Crippen molar-refractivity contribution in [3.05, 3.63) is 170 Å². The first-order chi connectivity index (χ1) is 24.8. The Balaban J connectivity index is 1.18. The number of para-hydroxylation sites is 4. The quantitative estimate of drug-likeness (QED) is 0.188. The Morgan fingerprint density at radius 3 is 1.48 bits per heavy atom. The summed E-state index contributed by atoms with van der Waals surface area (Å²) in [5.74, 6) is 1.70. The molecule has 0 atom stereocenters. The molecule has 7 aromatic carbocycles. The van der Waals surface area contributed by atoms with E-state index in [1.54, 1.807) is 0 Å². The third-order valence-corrected chi connectivity index (χ3v) is 9.50. The highest BCUT2D eigenvalue weighted by molar-refractivity contribution is 6.13. The first-order valence-electron chi connectivity index (χ1n) is 16.7. The van der Waals surface area contributed by atoms with Crippen LogP contribution in [-0.2, 0) is 0 Å². The first-order valence-corrected chi connectivity index (χ1v) is 16.7. The van der Waals surface area contributed by atoms with Gasteiger partial charge in [0.2, 0.25) is 5.95 Å². The minimum Gasteiger partial charge on any atom is -0.455 e. The highest BCUT2D eigenvalue weighted by Crippen LogP contribution is 2.40. The molecule has 0 aliphatic carbocycles. The van der Waals surface area contributed by atoms with Gasteiger partial charge in [-0.2, -0.15) is 9.97 Å². The Morgan fingerprint density at radius 1 is 0.340 bits per heavy atom. The summed E-state index contributed by atoms with van der Waals surface area (Å²) >= 11 is 0. The predicted molar refractivity (Wildman–Crippen MR) is 203 cm³/mol. The second-order valence-electron chi connectivity index (χ2n) is 12.4. The van der Waals surface area contributed by atoms with Gasteiger partial charge in [-0.3, -0.25) is 4.57 Å². The van der Waals surface area contributed by atoms with E-state index in [4.69, 9.17) is 19.4 Å². The van der Waals surface area contributed by atoms with E-state index in [0.29, 0.717) is 17.6 Å². The molecule has 0 bridgehead atoms. The third kappa shape index (κ3) is 4.52. The summed E-state index contributed by atoms with van der Waals surface area (Å²) in [6.07, 6.45) is 0. The molecule has 10 aromatic rings. The van der Waals surface area contributed by atoms with Crippen LogP contribution in [0.5, 0.6) is 0 Å². The molecule has 0 spiro atoms. The fourth-order valence-electron chi connectivity index (χ4n) is 7.14. The van der Waals surface area contributed by atoms with Crippen molar-refractivity contribution in [2.24, 2.45) is 0 Å². The molecule has 0 aliphatic rings. The van der Waals surface area contributed by atoms with Gasteiger partial charge in [-0.25, -0.2) is 4.98 Å². The zero-order chi connectivity index (χ0) is 33.0. The minimum atomic E-state index is 0.550. The molecule has 0 aliphatic heterocycles. The maximum absolute atomic E-state index is 6.85. The summed E-state index contributed by atoms with van der Waals surface area (Å²) < 4.78 is 8.99. The van der Waals surface area contributed by atoms with Crippen molar-refractivity contribution in [1.82, 2.24) is 19.5 Å². The number of hydrogen-bond donors (Lipinski definition) is 0. The minimum absolute atomic E-state index is 0.550. The summed E-state index contributed by atoms with van der Waals surface area (Å²) in [6.45, 7) is 0. The molecule has 5 nitrogen and oxygen atoms in total. The fourth-order valence-corrected chi connectivity index (χ4v) is 7.14. The molecule has 3 heterocycles. The van der Waals surface area contributed by atoms with Crippen LogP contribution in [0.15, 0.2) is 174 Å². The van der Waals surface area contributed by atoms with Crippen LogP contribution in [0, 0.1) is 0 Å². The molecule has 50 heavy (non-hydrogen) atoms. The maximum Gasteiger partial charge on any atom is 0.238 e. The molecule has 234 valence electrons. The van der Waals surface area contributed by atoms with Crippen LogP contribution in [0.2, 0.25) is 0 Å². The molecule has 0 fully saturated rings. The number of benzene rings is 7. The van der Waals surface area contributed by atoms with Crippen molar-refractivity contribution >= 4 is 43.7 Å². The van der Waals surface area contributed by atoms with Crippen molar-refractivity contribution in [1.29, 1.82) is 0 Å². The van der Waals surface area contributed by atoms with E-state index >= 15 is 0 Å². The lowest BCUT2D eigenvalue weighted by molar-refractivity contribution is 0.670.